The van der Waals surface area contributed by atoms with Gasteiger partial charge in [0.1, 0.15) is 17.3 Å². The predicted octanol–water partition coefficient (Wildman–Crippen LogP) is 6.77. The maximum atomic E-state index is 10.2. The Balaban J connectivity index is 0.000000251. The molecule has 1 aliphatic rings. The standard InChI is InChI=1S/C21H22ClN3O2S.C8H6Cl2O3/c1-21(13-26)12-19-23-24-20(25(19)8-9-28-21)17-7-6-15(11-18(17)27-2)14-4-3-5-16(22)10-14;9-5-1-2-7(6(10)3-5)13-4-8(11)12/h3-7,10-11,26H,8-9,12-13H2,1-2H3;1-3H,4H2,(H,11,12). The molecule has 216 valence electrons. The molecule has 0 saturated carbocycles. The molecule has 0 amide bonds. The van der Waals surface area contributed by atoms with Crippen molar-refractivity contribution in [3.8, 4) is 34.0 Å². The highest BCUT2D eigenvalue weighted by Crippen LogP contribution is 2.37. The Hall–Kier alpha value is -2.95. The molecule has 0 fully saturated rings. The van der Waals surface area contributed by atoms with Crippen molar-refractivity contribution >= 4 is 52.5 Å². The lowest BCUT2D eigenvalue weighted by Gasteiger charge is -2.23. The molecule has 0 aliphatic carbocycles. The molecule has 5 rings (SSSR count). The zero-order valence-corrected chi connectivity index (χ0v) is 25.4. The van der Waals surface area contributed by atoms with Gasteiger partial charge in [-0.1, -0.05) is 53.0 Å². The Morgan fingerprint density at radius 2 is 1.78 bits per heavy atom. The van der Waals surface area contributed by atoms with Gasteiger partial charge in [-0.3, -0.25) is 0 Å². The summed E-state index contributed by atoms with van der Waals surface area (Å²) in [5.41, 5.74) is 2.97. The number of halogens is 3. The molecule has 3 aromatic carbocycles. The Bertz CT molecular complexity index is 1530. The predicted molar refractivity (Wildman–Crippen MR) is 164 cm³/mol. The first kappa shape index (κ1) is 31.0. The van der Waals surface area contributed by atoms with E-state index in [2.05, 4.69) is 27.8 Å². The van der Waals surface area contributed by atoms with Crippen LogP contribution in [0.4, 0.5) is 0 Å². The third kappa shape index (κ3) is 7.87. The Kier molecular flexibility index (Phi) is 10.4. The number of carbonyl (C=O) groups is 1. The minimum Gasteiger partial charge on any atom is -0.496 e. The molecule has 1 atom stereocenters. The van der Waals surface area contributed by atoms with Crippen LogP contribution in [0.2, 0.25) is 15.1 Å². The molecule has 0 spiro atoms. The maximum absolute atomic E-state index is 10.2. The molecule has 2 heterocycles. The summed E-state index contributed by atoms with van der Waals surface area (Å²) in [5.74, 6) is 2.61. The molecule has 1 unspecified atom stereocenters. The first-order valence-corrected chi connectivity index (χ1v) is 14.7. The highest BCUT2D eigenvalue weighted by Gasteiger charge is 2.31. The van der Waals surface area contributed by atoms with Crippen LogP contribution in [0.15, 0.2) is 60.7 Å². The molecule has 12 heteroatoms. The molecule has 2 N–H and O–H groups in total. The summed E-state index contributed by atoms with van der Waals surface area (Å²) in [6, 6.07) is 18.4. The maximum Gasteiger partial charge on any atom is 0.341 e. The number of carboxylic acid groups (broad SMARTS) is 1. The average Bonchev–Trinajstić information content (AvgIpc) is 3.25. The molecule has 0 bridgehead atoms. The van der Waals surface area contributed by atoms with Crippen LogP contribution in [0.1, 0.15) is 12.7 Å². The molecule has 4 aromatic rings. The second-order valence-electron chi connectivity index (χ2n) is 9.41. The lowest BCUT2D eigenvalue weighted by atomic mass is 10.0. The zero-order valence-electron chi connectivity index (χ0n) is 22.3. The number of nitrogens with zero attached hydrogens (tertiary/aromatic N) is 3. The topological polar surface area (TPSA) is 107 Å². The van der Waals surface area contributed by atoms with Gasteiger partial charge in [0.05, 0.1) is 24.3 Å². The van der Waals surface area contributed by atoms with E-state index in [1.807, 2.05) is 36.4 Å². The summed E-state index contributed by atoms with van der Waals surface area (Å²) in [6.07, 6.45) is 0.685. The Morgan fingerprint density at radius 3 is 2.46 bits per heavy atom. The number of aliphatic hydroxyl groups excluding tert-OH is 1. The molecule has 8 nitrogen and oxygen atoms in total. The van der Waals surface area contributed by atoms with Gasteiger partial charge in [-0.2, -0.15) is 11.8 Å². The number of aromatic nitrogens is 3. The number of hydrogen-bond acceptors (Lipinski definition) is 7. The van der Waals surface area contributed by atoms with Crippen molar-refractivity contribution in [3.05, 3.63) is 81.6 Å². The monoisotopic (exact) mass is 635 g/mol. The number of aliphatic carboxylic acids is 1. The van der Waals surface area contributed by atoms with Crippen molar-refractivity contribution in [3.63, 3.8) is 0 Å². The second-order valence-corrected chi connectivity index (χ2v) is 12.4. The summed E-state index contributed by atoms with van der Waals surface area (Å²) in [4.78, 5) is 10.2. The molecule has 0 radical (unpaired) electrons. The summed E-state index contributed by atoms with van der Waals surface area (Å²) >= 11 is 19.3. The van der Waals surface area contributed by atoms with Gasteiger partial charge >= 0.3 is 5.97 Å². The minimum atomic E-state index is -1.05. The number of rotatable bonds is 7. The minimum absolute atomic E-state index is 0.123. The van der Waals surface area contributed by atoms with Gasteiger partial charge in [0.15, 0.2) is 12.4 Å². The van der Waals surface area contributed by atoms with Crippen LogP contribution in [0.3, 0.4) is 0 Å². The van der Waals surface area contributed by atoms with Crippen LogP contribution in [-0.2, 0) is 17.8 Å². The van der Waals surface area contributed by atoms with Crippen LogP contribution in [0.5, 0.6) is 11.5 Å². The number of ether oxygens (including phenoxy) is 2. The Labute approximate surface area is 257 Å². The summed E-state index contributed by atoms with van der Waals surface area (Å²) in [6.45, 7) is 2.58. The summed E-state index contributed by atoms with van der Waals surface area (Å²) < 4.78 is 12.5. The number of fused-ring (bicyclic) bond motifs is 1. The van der Waals surface area contributed by atoms with Crippen LogP contribution >= 0.6 is 46.6 Å². The molecule has 0 saturated heterocycles. The van der Waals surface area contributed by atoms with Crippen molar-refractivity contribution in [1.82, 2.24) is 14.8 Å². The molecule has 1 aromatic heterocycles. The van der Waals surface area contributed by atoms with Gasteiger partial charge < -0.3 is 24.3 Å². The normalized spacial score (nSPS) is 16.1. The Morgan fingerprint density at radius 1 is 1.02 bits per heavy atom. The lowest BCUT2D eigenvalue weighted by Crippen LogP contribution is -2.28. The quantitative estimate of drug-likeness (QED) is 0.229. The largest absolute Gasteiger partial charge is 0.496 e. The van der Waals surface area contributed by atoms with E-state index < -0.39 is 12.6 Å². The fourth-order valence-electron chi connectivity index (χ4n) is 4.23. The highest BCUT2D eigenvalue weighted by molar-refractivity contribution is 8.00. The molecular weight excluding hydrogens is 609 g/mol. The van der Waals surface area contributed by atoms with Gasteiger partial charge in [-0.25, -0.2) is 4.79 Å². The zero-order chi connectivity index (χ0) is 29.6. The van der Waals surface area contributed by atoms with Crippen molar-refractivity contribution in [1.29, 1.82) is 0 Å². The van der Waals surface area contributed by atoms with Crippen molar-refractivity contribution in [2.24, 2.45) is 0 Å². The van der Waals surface area contributed by atoms with Crippen molar-refractivity contribution in [2.75, 3.05) is 26.1 Å². The molecular formula is C29H28Cl3N3O5S. The van der Waals surface area contributed by atoms with E-state index in [1.54, 1.807) is 24.9 Å². The highest BCUT2D eigenvalue weighted by atomic mass is 35.5. The van der Waals surface area contributed by atoms with E-state index in [4.69, 9.17) is 49.4 Å². The first-order valence-electron chi connectivity index (χ1n) is 12.5. The second kappa shape index (κ2) is 13.8. The average molecular weight is 637 g/mol. The number of carboxylic acids is 1. The van der Waals surface area contributed by atoms with Crippen molar-refractivity contribution < 1.29 is 24.5 Å². The van der Waals surface area contributed by atoms with Gasteiger partial charge in [-0.15, -0.1) is 10.2 Å². The number of thioether (sulfide) groups is 1. The third-order valence-corrected chi connectivity index (χ3v) is 8.43. The fourth-order valence-corrected chi connectivity index (χ4v) is 5.97. The van der Waals surface area contributed by atoms with Crippen molar-refractivity contribution in [2.45, 2.75) is 24.6 Å². The van der Waals surface area contributed by atoms with Crippen LogP contribution in [0, 0.1) is 0 Å². The smallest absolute Gasteiger partial charge is 0.341 e. The van der Waals surface area contributed by atoms with E-state index >= 15 is 0 Å². The van der Waals surface area contributed by atoms with Gasteiger partial charge in [-0.05, 0) is 60.5 Å². The summed E-state index contributed by atoms with van der Waals surface area (Å²) in [5, 5.41) is 28.4. The SMILES string of the molecule is COc1cc(-c2cccc(Cl)c2)ccc1-c1nnc2n1CCSC(C)(CO)C2.O=C(O)COc1ccc(Cl)cc1Cl. The number of aliphatic hydroxyl groups is 1. The lowest BCUT2D eigenvalue weighted by molar-refractivity contribution is -0.139. The van der Waals surface area contributed by atoms with E-state index in [0.717, 1.165) is 46.4 Å². The van der Waals surface area contributed by atoms with Crippen LogP contribution < -0.4 is 9.47 Å². The van der Waals surface area contributed by atoms with E-state index in [0.29, 0.717) is 27.2 Å². The van der Waals surface area contributed by atoms with E-state index in [-0.39, 0.29) is 11.4 Å². The first-order chi connectivity index (χ1) is 19.6. The van der Waals surface area contributed by atoms with Crippen LogP contribution in [0.25, 0.3) is 22.5 Å². The number of methoxy groups -OCH3 is 1. The molecule has 41 heavy (non-hydrogen) atoms. The third-order valence-electron chi connectivity index (χ3n) is 6.30. The number of benzene rings is 3. The van der Waals surface area contributed by atoms with E-state index in [1.165, 1.54) is 12.1 Å². The van der Waals surface area contributed by atoms with Gasteiger partial charge in [0.2, 0.25) is 0 Å². The van der Waals surface area contributed by atoms with Gasteiger partial charge in [0, 0.05) is 33.5 Å². The fraction of sp³-hybridized carbons (Fsp3) is 0.276. The summed E-state index contributed by atoms with van der Waals surface area (Å²) in [7, 11) is 1.67. The molecule has 1 aliphatic heterocycles. The van der Waals surface area contributed by atoms with Crippen LogP contribution in [-0.4, -0.2) is 61.8 Å². The number of hydrogen-bond donors (Lipinski definition) is 2. The van der Waals surface area contributed by atoms with E-state index in [9.17, 15) is 9.90 Å². The van der Waals surface area contributed by atoms with Gasteiger partial charge in [0.25, 0.3) is 0 Å².